The summed E-state index contributed by atoms with van der Waals surface area (Å²) in [5.41, 5.74) is -0.276. The van der Waals surface area contributed by atoms with E-state index in [0.717, 1.165) is 4.68 Å². The number of aromatic amines is 1. The van der Waals surface area contributed by atoms with Crippen LogP contribution in [-0.4, -0.2) is 28.1 Å². The highest BCUT2D eigenvalue weighted by Gasteiger charge is 2.14. The summed E-state index contributed by atoms with van der Waals surface area (Å²) in [7, 11) is 0. The van der Waals surface area contributed by atoms with Crippen LogP contribution in [0.15, 0.2) is 9.59 Å². The fourth-order valence-electron chi connectivity index (χ4n) is 1.51. The van der Waals surface area contributed by atoms with Gasteiger partial charge in [-0.1, -0.05) is 0 Å². The monoisotopic (exact) mass is 268 g/mol. The predicted octanol–water partition coefficient (Wildman–Crippen LogP) is -0.324. The molecule has 0 aliphatic rings. The number of hydrogen-bond acceptors (Lipinski definition) is 5. The Hall–Kier alpha value is -2.18. The molecule has 19 heavy (non-hydrogen) atoms. The summed E-state index contributed by atoms with van der Waals surface area (Å²) >= 11 is 0. The number of ether oxygens (including phenoxy) is 1. The van der Waals surface area contributed by atoms with Gasteiger partial charge in [0.1, 0.15) is 13.0 Å². The van der Waals surface area contributed by atoms with Gasteiger partial charge in [0, 0.05) is 11.1 Å². The van der Waals surface area contributed by atoms with Gasteiger partial charge in [-0.2, -0.15) is 0 Å². The van der Waals surface area contributed by atoms with E-state index in [1.165, 1.54) is 13.8 Å². The van der Waals surface area contributed by atoms with Crippen molar-refractivity contribution in [3.63, 3.8) is 0 Å². The lowest BCUT2D eigenvalue weighted by molar-refractivity contribution is -0.145. The maximum absolute atomic E-state index is 11.8. The van der Waals surface area contributed by atoms with Crippen LogP contribution < -0.4 is 11.1 Å². The molecule has 1 aromatic rings. The van der Waals surface area contributed by atoms with Crippen LogP contribution in [0.4, 0.5) is 0 Å². The Bertz CT molecular complexity index is 612. The first kappa shape index (κ1) is 14.9. The minimum Gasteiger partial charge on any atom is -0.466 e. The van der Waals surface area contributed by atoms with Crippen molar-refractivity contribution in [2.75, 3.05) is 6.61 Å². The summed E-state index contributed by atoms with van der Waals surface area (Å²) in [6.45, 7) is 4.51. The molecule has 0 unspecified atom stereocenters. The molecule has 0 fully saturated rings. The molecule has 0 amide bonds. The van der Waals surface area contributed by atoms with Gasteiger partial charge in [0.05, 0.1) is 6.61 Å². The second-order valence-electron chi connectivity index (χ2n) is 4.10. The number of aromatic nitrogens is 2. The average molecular weight is 268 g/mol. The topological polar surface area (TPSA) is 98.2 Å². The second-order valence-corrected chi connectivity index (χ2v) is 4.10. The number of H-pyrrole nitrogens is 1. The molecule has 0 saturated heterocycles. The maximum atomic E-state index is 11.8. The van der Waals surface area contributed by atoms with Crippen LogP contribution >= 0.6 is 0 Å². The molecule has 1 rings (SSSR count). The Morgan fingerprint density at radius 3 is 2.42 bits per heavy atom. The summed E-state index contributed by atoms with van der Waals surface area (Å²) in [5.74, 6) is -1.15. The van der Waals surface area contributed by atoms with Gasteiger partial charge < -0.3 is 4.74 Å². The van der Waals surface area contributed by atoms with Crippen molar-refractivity contribution in [2.45, 2.75) is 33.7 Å². The zero-order valence-electron chi connectivity index (χ0n) is 11.1. The lowest BCUT2D eigenvalue weighted by Gasteiger charge is -2.07. The first-order chi connectivity index (χ1) is 8.86. The predicted molar refractivity (Wildman–Crippen MR) is 67.1 cm³/mol. The second kappa shape index (κ2) is 6.12. The number of carbonyl (C=O) groups is 2. The molecule has 0 bridgehead atoms. The van der Waals surface area contributed by atoms with Crippen molar-refractivity contribution in [3.8, 4) is 0 Å². The number of hydrogen-bond donors (Lipinski definition) is 1. The Balaban J connectivity index is 2.90. The molecule has 0 radical (unpaired) electrons. The third kappa shape index (κ3) is 3.64. The van der Waals surface area contributed by atoms with Gasteiger partial charge in [-0.05, 0) is 20.8 Å². The van der Waals surface area contributed by atoms with Crippen molar-refractivity contribution < 1.29 is 14.3 Å². The maximum Gasteiger partial charge on any atom is 0.313 e. The molecule has 0 atom stereocenters. The minimum atomic E-state index is -0.647. The largest absolute Gasteiger partial charge is 0.466 e. The number of nitrogens with zero attached hydrogens (tertiary/aromatic N) is 1. The van der Waals surface area contributed by atoms with E-state index in [4.69, 9.17) is 0 Å². The molecule has 0 spiro atoms. The zero-order chi connectivity index (χ0) is 14.6. The van der Waals surface area contributed by atoms with E-state index >= 15 is 0 Å². The average Bonchev–Trinajstić information content (AvgIpc) is 2.33. The van der Waals surface area contributed by atoms with E-state index in [9.17, 15) is 19.2 Å². The highest BCUT2D eigenvalue weighted by atomic mass is 16.5. The van der Waals surface area contributed by atoms with Crippen LogP contribution in [0.2, 0.25) is 0 Å². The Morgan fingerprint density at radius 1 is 1.21 bits per heavy atom. The number of nitrogens with one attached hydrogen (secondary N) is 1. The van der Waals surface area contributed by atoms with Crippen LogP contribution in [0.3, 0.4) is 0 Å². The fourth-order valence-corrected chi connectivity index (χ4v) is 1.51. The third-order valence-corrected chi connectivity index (χ3v) is 2.69. The van der Waals surface area contributed by atoms with Crippen molar-refractivity contribution in [1.29, 1.82) is 0 Å². The molecule has 0 aliphatic carbocycles. The summed E-state index contributed by atoms with van der Waals surface area (Å²) in [5, 5.41) is 2.30. The normalized spacial score (nSPS) is 10.3. The quantitative estimate of drug-likeness (QED) is 0.582. The van der Waals surface area contributed by atoms with Crippen molar-refractivity contribution in [1.82, 2.24) is 9.78 Å². The smallest absolute Gasteiger partial charge is 0.313 e. The van der Waals surface area contributed by atoms with E-state index in [0.29, 0.717) is 5.56 Å². The van der Waals surface area contributed by atoms with E-state index in [1.54, 1.807) is 6.92 Å². The Kier molecular flexibility index (Phi) is 4.80. The van der Waals surface area contributed by atoms with Crippen molar-refractivity contribution in [2.24, 2.45) is 0 Å². The van der Waals surface area contributed by atoms with Gasteiger partial charge in [-0.3, -0.25) is 24.3 Å². The first-order valence-corrected chi connectivity index (χ1v) is 5.84. The molecule has 1 N–H and O–H groups in total. The lowest BCUT2D eigenvalue weighted by Crippen LogP contribution is -2.35. The Labute approximate surface area is 109 Å². The van der Waals surface area contributed by atoms with Crippen molar-refractivity contribution >= 4 is 11.8 Å². The fraction of sp³-hybridized carbons (Fsp3) is 0.500. The van der Waals surface area contributed by atoms with Crippen LogP contribution in [0.25, 0.3) is 0 Å². The SMILES string of the molecule is CCOC(=O)CC(=O)Cn1[nH]c(=O)c(C)c(C)c1=O. The van der Waals surface area contributed by atoms with E-state index < -0.39 is 29.3 Å². The van der Waals surface area contributed by atoms with E-state index in [2.05, 4.69) is 9.84 Å². The molecule has 7 nitrogen and oxygen atoms in total. The standard InChI is InChI=1S/C12H16N2O5/c1-4-19-10(16)5-9(15)6-14-12(18)8(3)7(2)11(17)13-14/h4-6H2,1-3H3,(H,13,17). The molecule has 0 aromatic carbocycles. The van der Waals surface area contributed by atoms with Crippen LogP contribution in [0, 0.1) is 13.8 Å². The zero-order valence-corrected chi connectivity index (χ0v) is 11.1. The van der Waals surface area contributed by atoms with Gasteiger partial charge >= 0.3 is 5.97 Å². The molecule has 104 valence electrons. The summed E-state index contributed by atoms with van der Waals surface area (Å²) < 4.78 is 5.54. The van der Waals surface area contributed by atoms with Crippen LogP contribution in [-0.2, 0) is 20.9 Å². The number of rotatable bonds is 5. The lowest BCUT2D eigenvalue weighted by atomic mass is 10.2. The van der Waals surface area contributed by atoms with E-state index in [1.807, 2.05) is 0 Å². The molecule has 1 heterocycles. The number of carbonyl (C=O) groups excluding carboxylic acids is 2. The van der Waals surface area contributed by atoms with Crippen LogP contribution in [0.1, 0.15) is 24.5 Å². The summed E-state index contributed by atoms with van der Waals surface area (Å²) in [6.07, 6.45) is -0.421. The van der Waals surface area contributed by atoms with Crippen molar-refractivity contribution in [3.05, 3.63) is 31.8 Å². The van der Waals surface area contributed by atoms with Gasteiger partial charge in [0.2, 0.25) is 0 Å². The molecule has 1 aromatic heterocycles. The molecular weight excluding hydrogens is 252 g/mol. The highest BCUT2D eigenvalue weighted by molar-refractivity contribution is 5.95. The summed E-state index contributed by atoms with van der Waals surface area (Å²) in [4.78, 5) is 46.0. The number of Topliss-reactive ketones (excluding diaryl/α,β-unsaturated/α-hetero) is 1. The molecule has 0 saturated carbocycles. The third-order valence-electron chi connectivity index (χ3n) is 2.69. The highest BCUT2D eigenvalue weighted by Crippen LogP contribution is 1.94. The Morgan fingerprint density at radius 2 is 1.84 bits per heavy atom. The minimum absolute atomic E-state index is 0.187. The molecular formula is C12H16N2O5. The molecule has 0 aliphatic heterocycles. The van der Waals surface area contributed by atoms with E-state index in [-0.39, 0.29) is 18.7 Å². The van der Waals surface area contributed by atoms with Gasteiger partial charge in [0.15, 0.2) is 5.78 Å². The van der Waals surface area contributed by atoms with Gasteiger partial charge in [-0.25, -0.2) is 4.68 Å². The van der Waals surface area contributed by atoms with Gasteiger partial charge in [-0.15, -0.1) is 0 Å². The number of esters is 1. The first-order valence-electron chi connectivity index (χ1n) is 5.84. The molecule has 7 heteroatoms. The van der Waals surface area contributed by atoms with Crippen LogP contribution in [0.5, 0.6) is 0 Å². The van der Waals surface area contributed by atoms with Gasteiger partial charge in [0.25, 0.3) is 11.1 Å². The summed E-state index contributed by atoms with van der Waals surface area (Å²) in [6, 6.07) is 0. The number of ketones is 1.